The van der Waals surface area contributed by atoms with Crippen LogP contribution in [0.5, 0.6) is 0 Å². The van der Waals surface area contributed by atoms with Gasteiger partial charge in [-0.15, -0.1) is 0 Å². The maximum atomic E-state index is 7.49. The van der Waals surface area contributed by atoms with E-state index in [1.807, 2.05) is 66.7 Å². The van der Waals surface area contributed by atoms with Gasteiger partial charge < -0.3 is 4.42 Å². The molecule has 0 fully saturated rings. The van der Waals surface area contributed by atoms with Gasteiger partial charge in [-0.3, -0.25) is 4.57 Å². The molecule has 5 heteroatoms. The van der Waals surface area contributed by atoms with Crippen molar-refractivity contribution in [2.75, 3.05) is 0 Å². The zero-order valence-electron chi connectivity index (χ0n) is 23.4. The molecule has 44 heavy (non-hydrogen) atoms. The van der Waals surface area contributed by atoms with Crippen molar-refractivity contribution < 1.29 is 4.42 Å². The van der Waals surface area contributed by atoms with Gasteiger partial charge in [0.15, 0.2) is 17.3 Å². The molecule has 0 amide bonds. The Bertz CT molecular complexity index is 2620. The van der Waals surface area contributed by atoms with Crippen LogP contribution in [0.25, 0.3) is 87.8 Å². The van der Waals surface area contributed by atoms with Crippen LogP contribution >= 0.6 is 0 Å². The van der Waals surface area contributed by atoms with Gasteiger partial charge in [0.2, 0.25) is 5.71 Å². The quantitative estimate of drug-likeness (QED) is 0.201. The van der Waals surface area contributed by atoms with Crippen molar-refractivity contribution >= 4 is 60.3 Å². The molecule has 0 N–H and O–H groups in total. The summed E-state index contributed by atoms with van der Waals surface area (Å²) in [6.07, 6.45) is 0. The minimum Gasteiger partial charge on any atom is -0.437 e. The zero-order chi connectivity index (χ0) is 29.2. The minimum atomic E-state index is 0.530. The van der Waals surface area contributed by atoms with Crippen LogP contribution in [0.4, 0.5) is 5.69 Å². The number of aromatic nitrogens is 3. The van der Waals surface area contributed by atoms with Crippen molar-refractivity contribution in [3.8, 4) is 28.3 Å². The normalized spacial score (nSPS) is 11.6. The first-order chi connectivity index (χ1) is 21.7. The topological polar surface area (TPSA) is 48.2 Å². The lowest BCUT2D eigenvalue weighted by Gasteiger charge is -2.11. The number of benzene rings is 6. The standard InChI is InChI=1S/C39H22N4O/c1-40-29-15-9-14-25(20-29)28-18-19-35-32(22-28)36-38(41-37(42-39(36)44-35)24-10-3-2-4-11-24)43-33-17-8-7-16-30(33)31-21-26-12-5-6-13-27(26)23-34(31)43/h2-23H. The van der Waals surface area contributed by atoms with Crippen molar-refractivity contribution in [1.29, 1.82) is 0 Å². The molecule has 0 saturated heterocycles. The summed E-state index contributed by atoms with van der Waals surface area (Å²) in [4.78, 5) is 13.9. The number of fused-ring (bicyclic) bond motifs is 7. The van der Waals surface area contributed by atoms with Gasteiger partial charge in [0.05, 0.1) is 23.0 Å². The summed E-state index contributed by atoms with van der Waals surface area (Å²) in [5.74, 6) is 1.37. The molecule has 0 unspecified atom stereocenters. The number of para-hydroxylation sites is 1. The van der Waals surface area contributed by atoms with Crippen molar-refractivity contribution in [3.05, 3.63) is 145 Å². The van der Waals surface area contributed by atoms with E-state index in [2.05, 4.69) is 76.1 Å². The summed E-state index contributed by atoms with van der Waals surface area (Å²) in [7, 11) is 0. The molecule has 0 atom stereocenters. The van der Waals surface area contributed by atoms with E-state index in [9.17, 15) is 0 Å². The van der Waals surface area contributed by atoms with Crippen LogP contribution < -0.4 is 0 Å². The number of hydrogen-bond acceptors (Lipinski definition) is 3. The second-order valence-corrected chi connectivity index (χ2v) is 11.0. The second kappa shape index (κ2) is 9.38. The Balaban J connectivity index is 1.43. The van der Waals surface area contributed by atoms with E-state index in [4.69, 9.17) is 21.0 Å². The van der Waals surface area contributed by atoms with Gasteiger partial charge in [-0.05, 0) is 58.3 Å². The summed E-state index contributed by atoms with van der Waals surface area (Å²) in [6.45, 7) is 7.49. The Hall–Kier alpha value is -6.25. The number of nitrogens with zero attached hydrogens (tertiary/aromatic N) is 4. The molecule has 6 aromatic carbocycles. The molecule has 0 spiro atoms. The van der Waals surface area contributed by atoms with E-state index in [1.54, 1.807) is 0 Å². The van der Waals surface area contributed by atoms with Gasteiger partial charge in [0, 0.05) is 21.7 Å². The molecular weight excluding hydrogens is 540 g/mol. The Labute approximate surface area is 252 Å². The monoisotopic (exact) mass is 562 g/mol. The first-order valence-corrected chi connectivity index (χ1v) is 14.5. The second-order valence-electron chi connectivity index (χ2n) is 11.0. The van der Waals surface area contributed by atoms with Crippen molar-refractivity contribution in [1.82, 2.24) is 14.5 Å². The molecule has 3 aromatic heterocycles. The average Bonchev–Trinajstić information content (AvgIpc) is 3.62. The summed E-state index contributed by atoms with van der Waals surface area (Å²) in [6, 6.07) is 45.4. The lowest BCUT2D eigenvalue weighted by Crippen LogP contribution is -2.02. The molecule has 0 aliphatic rings. The smallest absolute Gasteiger partial charge is 0.233 e. The van der Waals surface area contributed by atoms with Crippen molar-refractivity contribution in [2.45, 2.75) is 0 Å². The molecule has 204 valence electrons. The van der Waals surface area contributed by atoms with Gasteiger partial charge in [0.1, 0.15) is 5.58 Å². The van der Waals surface area contributed by atoms with Crippen LogP contribution in [0.2, 0.25) is 0 Å². The zero-order valence-corrected chi connectivity index (χ0v) is 23.4. The molecule has 0 bridgehead atoms. The molecule has 5 nitrogen and oxygen atoms in total. The summed E-state index contributed by atoms with van der Waals surface area (Å²) in [5.41, 5.74) is 6.89. The van der Waals surface area contributed by atoms with Gasteiger partial charge in [-0.25, -0.2) is 9.83 Å². The maximum Gasteiger partial charge on any atom is 0.233 e. The Morgan fingerprint density at radius 3 is 2.18 bits per heavy atom. The van der Waals surface area contributed by atoms with E-state index < -0.39 is 0 Å². The molecule has 0 aliphatic heterocycles. The molecule has 0 aliphatic carbocycles. The average molecular weight is 563 g/mol. The lowest BCUT2D eigenvalue weighted by atomic mass is 10.0. The minimum absolute atomic E-state index is 0.530. The molecule has 9 rings (SSSR count). The molecule has 3 heterocycles. The number of furan rings is 1. The van der Waals surface area contributed by atoms with E-state index in [0.29, 0.717) is 17.2 Å². The summed E-state index contributed by atoms with van der Waals surface area (Å²) >= 11 is 0. The van der Waals surface area contributed by atoms with Gasteiger partial charge >= 0.3 is 0 Å². The molecule has 0 saturated carbocycles. The highest BCUT2D eigenvalue weighted by molar-refractivity contribution is 6.16. The fraction of sp³-hybridized carbons (Fsp3) is 0. The maximum absolute atomic E-state index is 7.49. The van der Waals surface area contributed by atoms with E-state index in [1.165, 1.54) is 5.39 Å². The summed E-state index contributed by atoms with van der Waals surface area (Å²) in [5, 5.41) is 6.45. The number of rotatable bonds is 3. The largest absolute Gasteiger partial charge is 0.437 e. The number of hydrogen-bond donors (Lipinski definition) is 0. The van der Waals surface area contributed by atoms with Crippen LogP contribution in [0.1, 0.15) is 0 Å². The van der Waals surface area contributed by atoms with Gasteiger partial charge in [-0.1, -0.05) is 97.1 Å². The lowest BCUT2D eigenvalue weighted by molar-refractivity contribution is 0.653. The Kier molecular flexibility index (Phi) is 5.19. The van der Waals surface area contributed by atoms with E-state index >= 15 is 0 Å². The molecular formula is C39H22N4O. The molecule has 9 aromatic rings. The van der Waals surface area contributed by atoms with Crippen molar-refractivity contribution in [3.63, 3.8) is 0 Å². The highest BCUT2D eigenvalue weighted by Crippen LogP contribution is 2.40. The van der Waals surface area contributed by atoms with E-state index in [-0.39, 0.29) is 0 Å². The third-order valence-corrected chi connectivity index (χ3v) is 8.40. The van der Waals surface area contributed by atoms with Gasteiger partial charge in [0.25, 0.3) is 0 Å². The van der Waals surface area contributed by atoms with Gasteiger partial charge in [-0.2, -0.15) is 4.98 Å². The summed E-state index contributed by atoms with van der Waals surface area (Å²) < 4.78 is 8.73. The van der Waals surface area contributed by atoms with Crippen LogP contribution in [0.3, 0.4) is 0 Å². The fourth-order valence-corrected chi connectivity index (χ4v) is 6.35. The predicted octanol–water partition coefficient (Wildman–Crippen LogP) is 10.5. The van der Waals surface area contributed by atoms with Crippen LogP contribution in [0, 0.1) is 6.57 Å². The predicted molar refractivity (Wildman–Crippen MR) is 178 cm³/mol. The van der Waals surface area contributed by atoms with E-state index in [0.717, 1.165) is 66.1 Å². The Morgan fingerprint density at radius 1 is 0.568 bits per heavy atom. The fourth-order valence-electron chi connectivity index (χ4n) is 6.35. The third-order valence-electron chi connectivity index (χ3n) is 8.40. The first-order valence-electron chi connectivity index (χ1n) is 14.5. The highest BCUT2D eigenvalue weighted by Gasteiger charge is 2.22. The first kappa shape index (κ1) is 24.4. The van der Waals surface area contributed by atoms with Crippen molar-refractivity contribution in [2.24, 2.45) is 0 Å². The Morgan fingerprint density at radius 2 is 1.32 bits per heavy atom. The van der Waals surface area contributed by atoms with Crippen LogP contribution in [0.15, 0.2) is 138 Å². The SMILES string of the molecule is [C-]#[N+]c1cccc(-c2ccc3oc4nc(-c5ccccc5)nc(-n5c6ccccc6c6cc7ccccc7cc65)c4c3c2)c1. The molecule has 0 radical (unpaired) electrons. The van der Waals surface area contributed by atoms with Crippen LogP contribution in [-0.2, 0) is 0 Å². The highest BCUT2D eigenvalue weighted by atomic mass is 16.3. The third kappa shape index (κ3) is 3.65. The van der Waals surface area contributed by atoms with Crippen LogP contribution in [-0.4, -0.2) is 14.5 Å².